The number of hydrogen-bond acceptors (Lipinski definition) is 1. The van der Waals surface area contributed by atoms with Crippen LogP contribution < -0.4 is 5.32 Å². The van der Waals surface area contributed by atoms with Crippen LogP contribution in [0.3, 0.4) is 0 Å². The molecule has 1 heterocycles. The van der Waals surface area contributed by atoms with Crippen molar-refractivity contribution in [2.45, 2.75) is 12.5 Å². The second-order valence-corrected chi connectivity index (χ2v) is 6.65. The van der Waals surface area contributed by atoms with Gasteiger partial charge in [0.05, 0.1) is 6.04 Å². The highest BCUT2D eigenvalue weighted by Crippen LogP contribution is 2.39. The Morgan fingerprint density at radius 3 is 2.48 bits per heavy atom. The molecule has 1 aliphatic heterocycles. The predicted molar refractivity (Wildman–Crippen MR) is 98.4 cm³/mol. The van der Waals surface area contributed by atoms with Gasteiger partial charge in [-0.25, -0.2) is 0 Å². The van der Waals surface area contributed by atoms with E-state index in [-0.39, 0.29) is 6.04 Å². The summed E-state index contributed by atoms with van der Waals surface area (Å²) in [5, 5.41) is 5.02. The summed E-state index contributed by atoms with van der Waals surface area (Å²) in [5.41, 5.74) is 6.01. The molecule has 0 amide bonds. The van der Waals surface area contributed by atoms with Gasteiger partial charge in [0.1, 0.15) is 0 Å². The van der Waals surface area contributed by atoms with Gasteiger partial charge in [0.2, 0.25) is 0 Å². The minimum Gasteiger partial charge on any atom is -0.378 e. The first-order chi connectivity index (χ1) is 11.2. The molecule has 3 heteroatoms. The van der Waals surface area contributed by atoms with E-state index in [0.717, 1.165) is 17.0 Å². The molecule has 0 radical (unpaired) electrons. The summed E-state index contributed by atoms with van der Waals surface area (Å²) in [6.45, 7) is 0. The maximum atomic E-state index is 6.35. The van der Waals surface area contributed by atoms with Gasteiger partial charge < -0.3 is 5.32 Å². The van der Waals surface area contributed by atoms with Crippen LogP contribution in [0.15, 0.2) is 66.7 Å². The molecular formula is C20H15Cl2N. The van der Waals surface area contributed by atoms with Crippen LogP contribution in [0.4, 0.5) is 5.69 Å². The van der Waals surface area contributed by atoms with Crippen molar-refractivity contribution in [2.75, 3.05) is 5.32 Å². The van der Waals surface area contributed by atoms with Crippen molar-refractivity contribution in [3.05, 3.63) is 87.9 Å². The molecule has 114 valence electrons. The van der Waals surface area contributed by atoms with E-state index in [1.807, 2.05) is 24.3 Å². The molecule has 0 bridgehead atoms. The summed E-state index contributed by atoms with van der Waals surface area (Å²) >= 11 is 12.5. The molecule has 1 aliphatic rings. The van der Waals surface area contributed by atoms with Gasteiger partial charge in [-0.15, -0.1) is 0 Å². The summed E-state index contributed by atoms with van der Waals surface area (Å²) in [6, 6.07) is 22.8. The summed E-state index contributed by atoms with van der Waals surface area (Å²) in [6.07, 6.45) is 0.913. The van der Waals surface area contributed by atoms with Crippen LogP contribution in [-0.4, -0.2) is 0 Å². The highest BCUT2D eigenvalue weighted by Gasteiger charge is 2.24. The molecule has 0 saturated heterocycles. The largest absolute Gasteiger partial charge is 0.378 e. The molecule has 1 N–H and O–H groups in total. The molecule has 1 nitrogen and oxygen atoms in total. The van der Waals surface area contributed by atoms with Gasteiger partial charge >= 0.3 is 0 Å². The normalized spacial score (nSPS) is 16.0. The molecule has 0 aromatic heterocycles. The van der Waals surface area contributed by atoms with E-state index in [2.05, 4.69) is 47.8 Å². The number of rotatable bonds is 2. The van der Waals surface area contributed by atoms with Crippen molar-refractivity contribution in [2.24, 2.45) is 0 Å². The van der Waals surface area contributed by atoms with Crippen molar-refractivity contribution in [3.8, 4) is 11.1 Å². The van der Waals surface area contributed by atoms with Gasteiger partial charge in [-0.05, 0) is 59.0 Å². The van der Waals surface area contributed by atoms with Gasteiger partial charge in [0.25, 0.3) is 0 Å². The minimum absolute atomic E-state index is 0.169. The Bertz CT molecular complexity index is 859. The molecule has 1 atom stereocenters. The molecule has 4 rings (SSSR count). The fourth-order valence-electron chi connectivity index (χ4n) is 3.14. The first kappa shape index (κ1) is 14.6. The topological polar surface area (TPSA) is 12.0 Å². The average molecular weight is 340 g/mol. The van der Waals surface area contributed by atoms with Crippen molar-refractivity contribution in [1.29, 1.82) is 0 Å². The van der Waals surface area contributed by atoms with Gasteiger partial charge in [0.15, 0.2) is 0 Å². The SMILES string of the molecule is Clc1ccc(Cl)c(C2Cc3cc(-c4ccccc4)ccc3N2)c1. The molecule has 0 saturated carbocycles. The second kappa shape index (κ2) is 5.92. The number of hydrogen-bond donors (Lipinski definition) is 1. The molecule has 3 aromatic rings. The Labute approximate surface area is 145 Å². The summed E-state index contributed by atoms with van der Waals surface area (Å²) in [5.74, 6) is 0. The summed E-state index contributed by atoms with van der Waals surface area (Å²) in [7, 11) is 0. The lowest BCUT2D eigenvalue weighted by Gasteiger charge is -2.13. The van der Waals surface area contributed by atoms with E-state index in [9.17, 15) is 0 Å². The fourth-order valence-corrected chi connectivity index (χ4v) is 3.57. The van der Waals surface area contributed by atoms with Gasteiger partial charge in [-0.2, -0.15) is 0 Å². The highest BCUT2D eigenvalue weighted by atomic mass is 35.5. The quantitative estimate of drug-likeness (QED) is 0.571. The van der Waals surface area contributed by atoms with Crippen LogP contribution in [0.25, 0.3) is 11.1 Å². The Morgan fingerprint density at radius 2 is 1.65 bits per heavy atom. The molecule has 0 fully saturated rings. The maximum absolute atomic E-state index is 6.35. The number of halogens is 2. The van der Waals surface area contributed by atoms with Gasteiger partial charge in [0, 0.05) is 15.7 Å². The number of fused-ring (bicyclic) bond motifs is 1. The molecule has 1 unspecified atom stereocenters. The zero-order valence-electron chi connectivity index (χ0n) is 12.4. The van der Waals surface area contributed by atoms with E-state index in [4.69, 9.17) is 23.2 Å². The third-order valence-corrected chi connectivity index (χ3v) is 4.88. The number of anilines is 1. The lowest BCUT2D eigenvalue weighted by Crippen LogP contribution is -2.06. The van der Waals surface area contributed by atoms with E-state index in [0.29, 0.717) is 5.02 Å². The lowest BCUT2D eigenvalue weighted by atomic mass is 9.99. The molecule has 0 aliphatic carbocycles. The maximum Gasteiger partial charge on any atom is 0.0570 e. The summed E-state index contributed by atoms with van der Waals surface area (Å²) in [4.78, 5) is 0. The Morgan fingerprint density at radius 1 is 0.826 bits per heavy atom. The van der Waals surface area contributed by atoms with Crippen molar-refractivity contribution in [3.63, 3.8) is 0 Å². The van der Waals surface area contributed by atoms with E-state index in [1.54, 1.807) is 0 Å². The Hall–Kier alpha value is -1.96. The standard InChI is InChI=1S/C20H15Cl2N/c21-16-7-8-18(22)17(12-16)20-11-15-10-14(6-9-19(15)23-20)13-4-2-1-3-5-13/h1-10,12,20,23H,11H2. The predicted octanol–water partition coefficient (Wildman–Crippen LogP) is 6.37. The molecule has 23 heavy (non-hydrogen) atoms. The first-order valence-corrected chi connectivity index (χ1v) is 8.36. The monoisotopic (exact) mass is 339 g/mol. The highest BCUT2D eigenvalue weighted by molar-refractivity contribution is 6.33. The number of benzene rings is 3. The van der Waals surface area contributed by atoms with E-state index < -0.39 is 0 Å². The van der Waals surface area contributed by atoms with Gasteiger partial charge in [-0.1, -0.05) is 59.6 Å². The molecular weight excluding hydrogens is 325 g/mol. The minimum atomic E-state index is 0.169. The second-order valence-electron chi connectivity index (χ2n) is 5.80. The van der Waals surface area contributed by atoms with Gasteiger partial charge in [-0.3, -0.25) is 0 Å². The van der Waals surface area contributed by atoms with Crippen molar-refractivity contribution in [1.82, 2.24) is 0 Å². The number of nitrogens with one attached hydrogen (secondary N) is 1. The van der Waals surface area contributed by atoms with Crippen molar-refractivity contribution >= 4 is 28.9 Å². The zero-order valence-corrected chi connectivity index (χ0v) is 13.9. The van der Waals surface area contributed by atoms with Crippen LogP contribution in [0.1, 0.15) is 17.2 Å². The third-order valence-electron chi connectivity index (χ3n) is 4.30. The fraction of sp³-hybridized carbons (Fsp3) is 0.100. The van der Waals surface area contributed by atoms with Crippen LogP contribution >= 0.6 is 23.2 Å². The lowest BCUT2D eigenvalue weighted by molar-refractivity contribution is 0.825. The molecule has 3 aromatic carbocycles. The van der Waals surface area contributed by atoms with Crippen LogP contribution in [0.2, 0.25) is 10.0 Å². The average Bonchev–Trinajstić information content (AvgIpc) is 3.00. The van der Waals surface area contributed by atoms with E-state index in [1.165, 1.54) is 22.4 Å². The van der Waals surface area contributed by atoms with Crippen LogP contribution in [0.5, 0.6) is 0 Å². The summed E-state index contributed by atoms with van der Waals surface area (Å²) < 4.78 is 0. The van der Waals surface area contributed by atoms with E-state index >= 15 is 0 Å². The molecule has 0 spiro atoms. The van der Waals surface area contributed by atoms with Crippen LogP contribution in [0, 0.1) is 0 Å². The zero-order chi connectivity index (χ0) is 15.8. The Balaban J connectivity index is 1.66. The Kier molecular flexibility index (Phi) is 3.76. The van der Waals surface area contributed by atoms with Crippen LogP contribution in [-0.2, 0) is 6.42 Å². The first-order valence-electron chi connectivity index (χ1n) is 7.60. The smallest absolute Gasteiger partial charge is 0.0570 e. The van der Waals surface area contributed by atoms with Crippen molar-refractivity contribution < 1.29 is 0 Å². The third kappa shape index (κ3) is 2.83.